The molecule has 8 nitrogen and oxygen atoms in total. The Kier molecular flexibility index (Phi) is 6.14. The van der Waals surface area contributed by atoms with E-state index in [1.54, 1.807) is 7.11 Å². The number of benzene rings is 1. The minimum absolute atomic E-state index is 0.0288. The summed E-state index contributed by atoms with van der Waals surface area (Å²) in [5.41, 5.74) is 1.62. The van der Waals surface area contributed by atoms with Crippen molar-refractivity contribution in [2.45, 2.75) is 64.6 Å². The summed E-state index contributed by atoms with van der Waals surface area (Å²) in [7, 11) is 1.66. The highest BCUT2D eigenvalue weighted by Crippen LogP contribution is 2.50. The first-order valence-corrected chi connectivity index (χ1v) is 11.4. The van der Waals surface area contributed by atoms with Gasteiger partial charge in [-0.25, -0.2) is 4.79 Å². The molecule has 1 unspecified atom stereocenters. The number of methoxy groups -OCH3 is 1. The topological polar surface area (TPSA) is 90.2 Å². The number of ether oxygens (including phenoxy) is 3. The third-order valence-corrected chi connectivity index (χ3v) is 6.30. The van der Waals surface area contributed by atoms with E-state index in [0.717, 1.165) is 30.4 Å². The molecule has 0 spiro atoms. The molecule has 1 aromatic carbocycles. The second kappa shape index (κ2) is 8.74. The molecule has 1 aromatic heterocycles. The highest BCUT2D eigenvalue weighted by Gasteiger charge is 2.45. The number of hydrogen-bond acceptors (Lipinski definition) is 6. The molecule has 0 aliphatic carbocycles. The Hall–Kier alpha value is -3.00. The molecule has 0 bridgehead atoms. The van der Waals surface area contributed by atoms with Gasteiger partial charge in [-0.05, 0) is 58.2 Å². The number of fused-ring (bicyclic) bond motifs is 6. The molecule has 1 atom stereocenters. The third-order valence-electron chi connectivity index (χ3n) is 6.30. The molecule has 0 amide bonds. The lowest BCUT2D eigenvalue weighted by Crippen LogP contribution is -2.50. The van der Waals surface area contributed by atoms with Gasteiger partial charge in [-0.1, -0.05) is 0 Å². The number of pyridine rings is 1. The molecule has 4 rings (SSSR count). The van der Waals surface area contributed by atoms with Crippen LogP contribution in [0.25, 0.3) is 11.3 Å². The Balaban J connectivity index is 1.90. The van der Waals surface area contributed by atoms with Gasteiger partial charge in [-0.15, -0.1) is 0 Å². The van der Waals surface area contributed by atoms with Crippen LogP contribution in [0.2, 0.25) is 0 Å². The zero-order valence-corrected chi connectivity index (χ0v) is 19.9. The summed E-state index contributed by atoms with van der Waals surface area (Å²) >= 11 is 0. The quantitative estimate of drug-likeness (QED) is 0.601. The van der Waals surface area contributed by atoms with Crippen molar-refractivity contribution >= 4 is 5.97 Å². The van der Waals surface area contributed by atoms with Crippen LogP contribution in [0.5, 0.6) is 11.5 Å². The first-order valence-electron chi connectivity index (χ1n) is 11.4. The van der Waals surface area contributed by atoms with E-state index in [1.807, 2.05) is 30.7 Å². The van der Waals surface area contributed by atoms with Crippen molar-refractivity contribution in [3.63, 3.8) is 0 Å². The summed E-state index contributed by atoms with van der Waals surface area (Å²) in [4.78, 5) is 24.3. The summed E-state index contributed by atoms with van der Waals surface area (Å²) in [6.45, 7) is 9.29. The van der Waals surface area contributed by atoms with Crippen LogP contribution in [0.3, 0.4) is 0 Å². The molecule has 1 fully saturated rings. The van der Waals surface area contributed by atoms with Gasteiger partial charge < -0.3 is 19.3 Å². The molecule has 3 heterocycles. The minimum atomic E-state index is -1.22. The highest BCUT2D eigenvalue weighted by atomic mass is 16.5. The van der Waals surface area contributed by atoms with Gasteiger partial charge in [0.05, 0.1) is 30.0 Å². The van der Waals surface area contributed by atoms with Crippen LogP contribution < -0.4 is 19.9 Å². The van der Waals surface area contributed by atoms with Crippen molar-refractivity contribution in [2.24, 2.45) is 0 Å². The van der Waals surface area contributed by atoms with Crippen LogP contribution in [-0.4, -0.2) is 47.7 Å². The van der Waals surface area contributed by atoms with Gasteiger partial charge >= 0.3 is 5.97 Å². The number of carboxylic acid groups (broad SMARTS) is 1. The number of aromatic carboxylic acids is 1. The predicted molar refractivity (Wildman–Crippen MR) is 125 cm³/mol. The molecular formula is C25H32N2O6. The molecule has 2 aliphatic rings. The summed E-state index contributed by atoms with van der Waals surface area (Å²) in [6, 6.07) is 5.40. The normalized spacial score (nSPS) is 18.0. The number of nitrogens with zero attached hydrogens (tertiary/aromatic N) is 2. The molecule has 178 valence electrons. The van der Waals surface area contributed by atoms with Crippen molar-refractivity contribution in [3.05, 3.63) is 45.7 Å². The highest BCUT2D eigenvalue weighted by molar-refractivity contribution is 5.88. The van der Waals surface area contributed by atoms with Crippen LogP contribution in [0.4, 0.5) is 0 Å². The van der Waals surface area contributed by atoms with Crippen molar-refractivity contribution < 1.29 is 24.1 Å². The van der Waals surface area contributed by atoms with Gasteiger partial charge in [-0.2, -0.15) is 0 Å². The van der Waals surface area contributed by atoms with E-state index in [2.05, 4.69) is 18.9 Å². The van der Waals surface area contributed by atoms with Crippen LogP contribution in [0.1, 0.15) is 68.9 Å². The lowest BCUT2D eigenvalue weighted by atomic mass is 9.93. The summed E-state index contributed by atoms with van der Waals surface area (Å²) in [5, 5.41) is 11.7. The Labute approximate surface area is 193 Å². The molecule has 1 N–H and O–H groups in total. The maximum Gasteiger partial charge on any atom is 0.341 e. The van der Waals surface area contributed by atoms with Gasteiger partial charge in [-0.3, -0.25) is 14.5 Å². The van der Waals surface area contributed by atoms with E-state index in [9.17, 15) is 14.7 Å². The van der Waals surface area contributed by atoms with Crippen LogP contribution in [0.15, 0.2) is 29.2 Å². The molecule has 2 aromatic rings. The molecule has 2 aliphatic heterocycles. The van der Waals surface area contributed by atoms with Crippen molar-refractivity contribution in [1.29, 1.82) is 0 Å². The van der Waals surface area contributed by atoms with E-state index in [0.29, 0.717) is 30.4 Å². The zero-order chi connectivity index (χ0) is 23.9. The van der Waals surface area contributed by atoms with Gasteiger partial charge in [0.15, 0.2) is 16.9 Å². The number of aromatic nitrogens is 1. The largest absolute Gasteiger partial charge is 0.490 e. The van der Waals surface area contributed by atoms with E-state index >= 15 is 0 Å². The fraction of sp³-hybridized carbons (Fsp3) is 0.520. The smallest absolute Gasteiger partial charge is 0.341 e. The molecule has 0 saturated carbocycles. The zero-order valence-electron chi connectivity index (χ0n) is 19.9. The summed E-state index contributed by atoms with van der Waals surface area (Å²) < 4.78 is 19.2. The molecular weight excluding hydrogens is 424 g/mol. The van der Waals surface area contributed by atoms with E-state index in [-0.39, 0.29) is 23.2 Å². The fourth-order valence-corrected chi connectivity index (χ4v) is 4.86. The first kappa shape index (κ1) is 23.2. The summed E-state index contributed by atoms with van der Waals surface area (Å²) in [6.07, 6.45) is 3.99. The molecule has 0 radical (unpaired) electrons. The summed E-state index contributed by atoms with van der Waals surface area (Å²) in [5.74, 6) is 0.0487. The maximum absolute atomic E-state index is 12.6. The molecule has 1 saturated heterocycles. The van der Waals surface area contributed by atoms with Gasteiger partial charge in [0.25, 0.3) is 0 Å². The van der Waals surface area contributed by atoms with Crippen LogP contribution in [0, 0.1) is 0 Å². The Morgan fingerprint density at radius 3 is 2.64 bits per heavy atom. The van der Waals surface area contributed by atoms with E-state index < -0.39 is 11.4 Å². The van der Waals surface area contributed by atoms with Crippen LogP contribution >= 0.6 is 0 Å². The second-order valence-corrected chi connectivity index (χ2v) is 9.55. The first-order chi connectivity index (χ1) is 15.6. The number of hydrogen-bond donors (Lipinski definition) is 1. The number of rotatable bonds is 8. The second-order valence-electron chi connectivity index (χ2n) is 9.55. The predicted octanol–water partition coefficient (Wildman–Crippen LogP) is 3.98. The number of carbonyl (C=O) groups is 1. The number of carboxylic acids is 1. The average Bonchev–Trinajstić information content (AvgIpc) is 3.06. The third kappa shape index (κ3) is 4.19. The minimum Gasteiger partial charge on any atom is -0.490 e. The lowest BCUT2D eigenvalue weighted by Gasteiger charge is -2.44. The Bertz CT molecular complexity index is 1120. The van der Waals surface area contributed by atoms with E-state index in [4.69, 9.17) is 14.2 Å². The standard InChI is InChI=1S/C25H32N2O6/c1-15(2)33-23-12-17-16(11-22(23)32-10-6-9-31-5)19-7-8-25(3,4)27(19)26-14-18(24(29)30)21(28)13-20(17)26/h11-15,19H,6-10H2,1-5H3,(H,29,30). The van der Waals surface area contributed by atoms with Crippen LogP contribution in [-0.2, 0) is 4.74 Å². The van der Waals surface area contributed by atoms with Gasteiger partial charge in [0.1, 0.15) is 5.56 Å². The SMILES string of the molecule is COCCCOc1cc2c(cc1OC(C)C)-c1cc(=O)c(C(=O)O)cn1N1C2CCC1(C)C. The Morgan fingerprint density at radius 2 is 1.97 bits per heavy atom. The average molecular weight is 457 g/mol. The van der Waals surface area contributed by atoms with Crippen molar-refractivity contribution in [3.8, 4) is 22.8 Å². The monoisotopic (exact) mass is 456 g/mol. The van der Waals surface area contributed by atoms with Gasteiger partial charge in [0, 0.05) is 38.0 Å². The maximum atomic E-state index is 12.6. The van der Waals surface area contributed by atoms with Crippen molar-refractivity contribution in [1.82, 2.24) is 4.68 Å². The fourth-order valence-electron chi connectivity index (χ4n) is 4.86. The lowest BCUT2D eigenvalue weighted by molar-refractivity contribution is 0.0694. The van der Waals surface area contributed by atoms with E-state index in [1.165, 1.54) is 12.3 Å². The Morgan fingerprint density at radius 1 is 1.21 bits per heavy atom. The van der Waals surface area contributed by atoms with Crippen molar-refractivity contribution in [2.75, 3.05) is 25.3 Å². The van der Waals surface area contributed by atoms with Gasteiger partial charge in [0.2, 0.25) is 0 Å². The molecule has 33 heavy (non-hydrogen) atoms. The molecule has 8 heteroatoms.